The number of methoxy groups -OCH3 is 1. The lowest BCUT2D eigenvalue weighted by atomic mass is 10.2. The van der Waals surface area contributed by atoms with Crippen molar-refractivity contribution in [2.75, 3.05) is 38.2 Å². The predicted molar refractivity (Wildman–Crippen MR) is 137 cm³/mol. The molecule has 1 aliphatic heterocycles. The number of aliphatic imine (C=N–C) groups is 1. The number of benzene rings is 1. The number of nitrogens with zero attached hydrogens (tertiary/aromatic N) is 3. The number of rotatable bonds is 9. The summed E-state index contributed by atoms with van der Waals surface area (Å²) in [6.07, 6.45) is 4.34. The van der Waals surface area contributed by atoms with Crippen LogP contribution < -0.4 is 25.0 Å². The van der Waals surface area contributed by atoms with Gasteiger partial charge in [-0.3, -0.25) is 0 Å². The van der Waals surface area contributed by atoms with Gasteiger partial charge in [-0.1, -0.05) is 6.07 Å². The van der Waals surface area contributed by atoms with Crippen molar-refractivity contribution >= 4 is 35.8 Å². The van der Waals surface area contributed by atoms with Gasteiger partial charge in [0.05, 0.1) is 20.2 Å². The molecule has 1 saturated heterocycles. The molecule has 1 aromatic carbocycles. The van der Waals surface area contributed by atoms with Crippen molar-refractivity contribution in [1.82, 2.24) is 15.6 Å². The lowest BCUT2D eigenvalue weighted by Crippen LogP contribution is -2.41. The van der Waals surface area contributed by atoms with Crippen molar-refractivity contribution in [2.45, 2.75) is 39.3 Å². The molecule has 0 bridgehead atoms. The average Bonchev–Trinajstić information content (AvgIpc) is 3.31. The fraction of sp³-hybridized carbons (Fsp3) is 0.478. The number of ether oxygens (including phenoxy) is 2. The Morgan fingerprint density at radius 1 is 1.16 bits per heavy atom. The molecule has 0 saturated carbocycles. The lowest BCUT2D eigenvalue weighted by molar-refractivity contribution is 0.223. The zero-order valence-electron chi connectivity index (χ0n) is 18.6. The Bertz CT molecular complexity index is 827. The maximum absolute atomic E-state index is 5.98. The van der Waals surface area contributed by atoms with Crippen LogP contribution in [-0.2, 0) is 6.54 Å². The number of aromatic nitrogens is 1. The van der Waals surface area contributed by atoms with Gasteiger partial charge >= 0.3 is 0 Å². The predicted octanol–water partition coefficient (Wildman–Crippen LogP) is 3.83. The molecule has 0 aliphatic carbocycles. The van der Waals surface area contributed by atoms with Crippen LogP contribution in [0.25, 0.3) is 0 Å². The number of halogens is 1. The summed E-state index contributed by atoms with van der Waals surface area (Å²) < 4.78 is 11.2. The maximum Gasteiger partial charge on any atom is 0.191 e. The fourth-order valence-electron chi connectivity index (χ4n) is 3.38. The van der Waals surface area contributed by atoms with Crippen LogP contribution in [0.5, 0.6) is 11.5 Å². The second kappa shape index (κ2) is 13.2. The van der Waals surface area contributed by atoms with Gasteiger partial charge in [0.15, 0.2) is 5.96 Å². The van der Waals surface area contributed by atoms with Crippen LogP contribution in [0.4, 0.5) is 5.82 Å². The van der Waals surface area contributed by atoms with Gasteiger partial charge in [-0.25, -0.2) is 9.98 Å². The monoisotopic (exact) mass is 539 g/mol. The molecule has 1 fully saturated rings. The molecule has 1 aliphatic rings. The smallest absolute Gasteiger partial charge is 0.191 e. The third-order valence-corrected chi connectivity index (χ3v) is 4.94. The first-order valence-electron chi connectivity index (χ1n) is 10.7. The molecule has 2 heterocycles. The van der Waals surface area contributed by atoms with E-state index in [9.17, 15) is 0 Å². The number of hydrogen-bond donors (Lipinski definition) is 2. The van der Waals surface area contributed by atoms with Crippen molar-refractivity contribution in [2.24, 2.45) is 4.99 Å². The summed E-state index contributed by atoms with van der Waals surface area (Å²) in [6, 6.07) is 11.8. The molecule has 0 radical (unpaired) electrons. The Morgan fingerprint density at radius 2 is 1.94 bits per heavy atom. The van der Waals surface area contributed by atoms with Crippen LogP contribution in [0.15, 0.2) is 47.6 Å². The Kier molecular flexibility index (Phi) is 10.7. The SMILES string of the molecule is CCNC(=NCc1ccnc(N2CCCC2)c1)NCC(C)Oc1cccc(OC)c1.I. The number of hydrogen-bond acceptors (Lipinski definition) is 5. The molecule has 1 atom stereocenters. The largest absolute Gasteiger partial charge is 0.497 e. The zero-order chi connectivity index (χ0) is 21.2. The van der Waals surface area contributed by atoms with Crippen LogP contribution in [0, 0.1) is 0 Å². The molecule has 1 aromatic heterocycles. The average molecular weight is 539 g/mol. The first kappa shape index (κ1) is 25.0. The molecule has 8 heteroatoms. The van der Waals surface area contributed by atoms with Crippen molar-refractivity contribution in [3.05, 3.63) is 48.2 Å². The molecule has 3 rings (SSSR count). The topological polar surface area (TPSA) is 71.0 Å². The quantitative estimate of drug-likeness (QED) is 0.287. The Labute approximate surface area is 202 Å². The molecule has 2 N–H and O–H groups in total. The number of guanidine groups is 1. The molecule has 0 spiro atoms. The first-order chi connectivity index (χ1) is 14.7. The zero-order valence-corrected chi connectivity index (χ0v) is 21.0. The number of pyridine rings is 1. The highest BCUT2D eigenvalue weighted by Gasteiger charge is 2.13. The van der Waals surface area contributed by atoms with Gasteiger partial charge in [-0.15, -0.1) is 24.0 Å². The lowest BCUT2D eigenvalue weighted by Gasteiger charge is -2.18. The molecular weight excluding hydrogens is 505 g/mol. The van der Waals surface area contributed by atoms with Crippen LogP contribution in [0.1, 0.15) is 32.3 Å². The van der Waals surface area contributed by atoms with Gasteiger partial charge < -0.3 is 25.0 Å². The van der Waals surface area contributed by atoms with Gasteiger partial charge in [-0.2, -0.15) is 0 Å². The molecule has 0 amide bonds. The third kappa shape index (κ3) is 8.08. The molecule has 170 valence electrons. The highest BCUT2D eigenvalue weighted by atomic mass is 127. The minimum Gasteiger partial charge on any atom is -0.497 e. The second-order valence-electron chi connectivity index (χ2n) is 7.40. The highest BCUT2D eigenvalue weighted by Crippen LogP contribution is 2.20. The van der Waals surface area contributed by atoms with Crippen LogP contribution in [-0.4, -0.2) is 50.3 Å². The third-order valence-electron chi connectivity index (χ3n) is 4.94. The second-order valence-corrected chi connectivity index (χ2v) is 7.40. The fourth-order valence-corrected chi connectivity index (χ4v) is 3.38. The summed E-state index contributed by atoms with van der Waals surface area (Å²) in [4.78, 5) is 11.6. The summed E-state index contributed by atoms with van der Waals surface area (Å²) in [5.41, 5.74) is 1.16. The van der Waals surface area contributed by atoms with Gasteiger partial charge in [0, 0.05) is 31.9 Å². The van der Waals surface area contributed by atoms with E-state index in [4.69, 9.17) is 14.5 Å². The van der Waals surface area contributed by atoms with E-state index in [1.54, 1.807) is 7.11 Å². The van der Waals surface area contributed by atoms with Gasteiger partial charge in [0.1, 0.15) is 23.4 Å². The van der Waals surface area contributed by atoms with Gasteiger partial charge in [0.2, 0.25) is 0 Å². The Morgan fingerprint density at radius 3 is 2.68 bits per heavy atom. The van der Waals surface area contributed by atoms with E-state index in [1.165, 1.54) is 12.8 Å². The summed E-state index contributed by atoms with van der Waals surface area (Å²) in [7, 11) is 1.65. The highest BCUT2D eigenvalue weighted by molar-refractivity contribution is 14.0. The van der Waals surface area contributed by atoms with E-state index in [1.807, 2.05) is 43.5 Å². The van der Waals surface area contributed by atoms with Gasteiger partial charge in [-0.05, 0) is 56.5 Å². The maximum atomic E-state index is 5.98. The minimum atomic E-state index is -0.0244. The van der Waals surface area contributed by atoms with E-state index in [-0.39, 0.29) is 30.1 Å². The Balaban J connectivity index is 0.00000341. The summed E-state index contributed by atoms with van der Waals surface area (Å²) in [5, 5.41) is 6.66. The molecule has 31 heavy (non-hydrogen) atoms. The van der Waals surface area contributed by atoms with Crippen LogP contribution in [0.2, 0.25) is 0 Å². The van der Waals surface area contributed by atoms with Crippen molar-refractivity contribution in [3.8, 4) is 11.5 Å². The van der Waals surface area contributed by atoms with Crippen molar-refractivity contribution < 1.29 is 9.47 Å². The van der Waals surface area contributed by atoms with E-state index in [0.717, 1.165) is 48.5 Å². The summed E-state index contributed by atoms with van der Waals surface area (Å²) >= 11 is 0. The minimum absolute atomic E-state index is 0. The van der Waals surface area contributed by atoms with Crippen molar-refractivity contribution in [3.63, 3.8) is 0 Å². The summed E-state index contributed by atoms with van der Waals surface area (Å²) in [6.45, 7) is 8.31. The number of anilines is 1. The van der Waals surface area contributed by atoms with Crippen molar-refractivity contribution in [1.29, 1.82) is 0 Å². The van der Waals surface area contributed by atoms with Crippen LogP contribution in [0.3, 0.4) is 0 Å². The number of nitrogens with one attached hydrogen (secondary N) is 2. The molecule has 2 aromatic rings. The van der Waals surface area contributed by atoms with Crippen LogP contribution >= 0.6 is 24.0 Å². The molecule has 7 nitrogen and oxygen atoms in total. The van der Waals surface area contributed by atoms with E-state index >= 15 is 0 Å². The Hall–Kier alpha value is -2.23. The summed E-state index contributed by atoms with van der Waals surface area (Å²) in [5.74, 6) is 3.40. The van der Waals surface area contributed by atoms with E-state index in [2.05, 4.69) is 33.5 Å². The molecular formula is C23H34IN5O2. The van der Waals surface area contributed by atoms with E-state index < -0.39 is 0 Å². The van der Waals surface area contributed by atoms with E-state index in [0.29, 0.717) is 13.1 Å². The standard InChI is InChI=1S/C23H33N5O2.HI/c1-4-24-23(26-16-18(2)30-21-9-7-8-20(15-21)29-3)27-17-19-10-11-25-22(14-19)28-12-5-6-13-28;/h7-11,14-15,18H,4-6,12-13,16-17H2,1-3H3,(H2,24,26,27);1H. The van der Waals surface area contributed by atoms with Gasteiger partial charge in [0.25, 0.3) is 0 Å². The first-order valence-corrected chi connectivity index (χ1v) is 10.7. The molecule has 1 unspecified atom stereocenters. The normalized spacial score (nSPS) is 14.5.